The van der Waals surface area contributed by atoms with E-state index in [0.717, 1.165) is 38.8 Å². The Balaban J connectivity index is 1.80. The summed E-state index contributed by atoms with van der Waals surface area (Å²) in [5.74, 6) is 0.453. The number of aryl methyl sites for hydroxylation is 2. The van der Waals surface area contributed by atoms with Gasteiger partial charge in [-0.2, -0.15) is 0 Å². The number of hydrogen-bond acceptors (Lipinski definition) is 5. The molecule has 154 valence electrons. The van der Waals surface area contributed by atoms with Gasteiger partial charge in [0.25, 0.3) is 0 Å². The molecule has 0 unspecified atom stereocenters. The molecule has 0 saturated carbocycles. The van der Waals surface area contributed by atoms with Crippen molar-refractivity contribution in [2.45, 2.75) is 25.2 Å². The Morgan fingerprint density at radius 2 is 1.86 bits per heavy atom. The maximum absolute atomic E-state index is 13.1. The molecule has 1 amide bonds. The summed E-state index contributed by atoms with van der Waals surface area (Å²) in [4.78, 5) is 23.0. The maximum Gasteiger partial charge on any atom is 0.239 e. The van der Waals surface area contributed by atoms with Gasteiger partial charge < -0.3 is 4.90 Å². The molecule has 29 heavy (non-hydrogen) atoms. The van der Waals surface area contributed by atoms with Crippen LogP contribution in [0, 0.1) is 13.8 Å². The zero-order valence-electron chi connectivity index (χ0n) is 17.2. The zero-order chi connectivity index (χ0) is 21.0. The summed E-state index contributed by atoms with van der Waals surface area (Å²) in [6.07, 6.45) is 0.901. The number of hydrogen-bond donors (Lipinski definition) is 0. The predicted octanol–water partition coefficient (Wildman–Crippen LogP) is 5.64. The van der Waals surface area contributed by atoms with E-state index in [0.29, 0.717) is 17.3 Å². The monoisotopic (exact) mass is 447 g/mol. The summed E-state index contributed by atoms with van der Waals surface area (Å²) >= 11 is 9.08. The molecule has 0 atom stereocenters. The molecule has 0 aliphatic heterocycles. The van der Waals surface area contributed by atoms with E-state index in [2.05, 4.69) is 30.9 Å². The number of fused-ring (bicyclic) bond motifs is 1. The van der Waals surface area contributed by atoms with Crippen LogP contribution in [0.4, 0.5) is 5.13 Å². The van der Waals surface area contributed by atoms with E-state index in [-0.39, 0.29) is 5.91 Å². The van der Waals surface area contributed by atoms with Crippen LogP contribution in [-0.2, 0) is 4.79 Å². The summed E-state index contributed by atoms with van der Waals surface area (Å²) in [7, 11) is 4.10. The third kappa shape index (κ3) is 5.95. The van der Waals surface area contributed by atoms with Crippen LogP contribution in [0.5, 0.6) is 0 Å². The molecular formula is C22H26ClN3OS2. The highest BCUT2D eigenvalue weighted by atomic mass is 35.5. The quantitative estimate of drug-likeness (QED) is 0.418. The van der Waals surface area contributed by atoms with Crippen molar-refractivity contribution in [3.05, 3.63) is 52.5 Å². The van der Waals surface area contributed by atoms with Gasteiger partial charge in [0, 0.05) is 16.5 Å². The normalized spacial score (nSPS) is 11.4. The third-order valence-corrected chi connectivity index (χ3v) is 6.79. The Hall–Kier alpha value is -1.60. The first-order valence-electron chi connectivity index (χ1n) is 9.55. The number of nitrogens with zero attached hydrogens (tertiary/aromatic N) is 3. The second-order valence-electron chi connectivity index (χ2n) is 7.37. The number of thiazole rings is 1. The number of halogens is 1. The number of carbonyl (C=O) groups is 1. The van der Waals surface area contributed by atoms with Gasteiger partial charge in [0.15, 0.2) is 5.13 Å². The van der Waals surface area contributed by atoms with Gasteiger partial charge in [-0.3, -0.25) is 9.69 Å². The van der Waals surface area contributed by atoms with Crippen molar-refractivity contribution in [3.63, 3.8) is 0 Å². The Bertz CT molecular complexity index is 986. The molecular weight excluding hydrogens is 422 g/mol. The van der Waals surface area contributed by atoms with E-state index < -0.39 is 0 Å². The summed E-state index contributed by atoms with van der Waals surface area (Å²) < 4.78 is 1.13. The van der Waals surface area contributed by atoms with Gasteiger partial charge >= 0.3 is 0 Å². The van der Waals surface area contributed by atoms with Gasteiger partial charge in [-0.25, -0.2) is 4.98 Å². The highest BCUT2D eigenvalue weighted by Crippen LogP contribution is 2.32. The van der Waals surface area contributed by atoms with Gasteiger partial charge in [0.1, 0.15) is 0 Å². The molecule has 7 heteroatoms. The number of amides is 1. The molecule has 3 rings (SSSR count). The summed E-state index contributed by atoms with van der Waals surface area (Å²) in [6, 6.07) is 11.9. The minimum Gasteiger partial charge on any atom is -0.309 e. The molecule has 0 bridgehead atoms. The van der Waals surface area contributed by atoms with E-state index in [9.17, 15) is 4.79 Å². The first-order valence-corrected chi connectivity index (χ1v) is 11.7. The Morgan fingerprint density at radius 1 is 1.14 bits per heavy atom. The lowest BCUT2D eigenvalue weighted by Crippen LogP contribution is -2.34. The van der Waals surface area contributed by atoms with Gasteiger partial charge in [-0.1, -0.05) is 29.0 Å². The van der Waals surface area contributed by atoms with Crippen LogP contribution in [0.3, 0.4) is 0 Å². The van der Waals surface area contributed by atoms with Gasteiger partial charge in [-0.05, 0) is 82.4 Å². The topological polar surface area (TPSA) is 36.4 Å². The van der Waals surface area contributed by atoms with Crippen molar-refractivity contribution in [1.82, 2.24) is 9.88 Å². The largest absolute Gasteiger partial charge is 0.309 e. The lowest BCUT2D eigenvalue weighted by molar-refractivity contribution is -0.116. The third-order valence-electron chi connectivity index (χ3n) is 4.51. The summed E-state index contributed by atoms with van der Waals surface area (Å²) in [5, 5.41) is 1.49. The van der Waals surface area contributed by atoms with Crippen LogP contribution in [0.25, 0.3) is 10.2 Å². The van der Waals surface area contributed by atoms with Crippen LogP contribution in [0.1, 0.15) is 17.5 Å². The fourth-order valence-electron chi connectivity index (χ4n) is 3.10. The lowest BCUT2D eigenvalue weighted by Gasteiger charge is -2.21. The number of anilines is 1. The van der Waals surface area contributed by atoms with Gasteiger partial charge in [0.05, 0.1) is 16.0 Å². The van der Waals surface area contributed by atoms with Crippen LogP contribution in [-0.4, -0.2) is 48.7 Å². The van der Waals surface area contributed by atoms with Crippen molar-refractivity contribution in [2.75, 3.05) is 37.8 Å². The zero-order valence-corrected chi connectivity index (χ0v) is 19.6. The Kier molecular flexibility index (Phi) is 7.57. The molecule has 2 aromatic carbocycles. The molecule has 0 radical (unpaired) electrons. The Morgan fingerprint density at radius 3 is 2.55 bits per heavy atom. The maximum atomic E-state index is 13.1. The average Bonchev–Trinajstić information content (AvgIpc) is 3.08. The van der Waals surface area contributed by atoms with E-state index in [1.165, 1.54) is 17.3 Å². The van der Waals surface area contributed by atoms with Gasteiger partial charge in [0.2, 0.25) is 5.91 Å². The first kappa shape index (κ1) is 22.1. The molecule has 0 N–H and O–H groups in total. The van der Waals surface area contributed by atoms with E-state index in [1.54, 1.807) is 11.3 Å². The minimum atomic E-state index is 0.0807. The molecule has 0 spiro atoms. The van der Waals surface area contributed by atoms with Crippen molar-refractivity contribution in [1.29, 1.82) is 0 Å². The fraction of sp³-hybridized carbons (Fsp3) is 0.364. The highest BCUT2D eigenvalue weighted by molar-refractivity contribution is 8.00. The lowest BCUT2D eigenvalue weighted by atomic mass is 10.1. The molecule has 0 fully saturated rings. The van der Waals surface area contributed by atoms with Crippen molar-refractivity contribution in [3.8, 4) is 0 Å². The van der Waals surface area contributed by atoms with Crippen molar-refractivity contribution < 1.29 is 4.79 Å². The van der Waals surface area contributed by atoms with Crippen LogP contribution >= 0.6 is 34.7 Å². The van der Waals surface area contributed by atoms with E-state index in [4.69, 9.17) is 16.6 Å². The second-order valence-corrected chi connectivity index (χ2v) is 9.86. The Labute approximate surface area is 185 Å². The number of thioether (sulfide) groups is 1. The van der Waals surface area contributed by atoms with Crippen molar-refractivity contribution in [2.24, 2.45) is 0 Å². The molecule has 0 aliphatic carbocycles. The smallest absolute Gasteiger partial charge is 0.239 e. The molecule has 3 aromatic rings. The van der Waals surface area contributed by atoms with E-state index in [1.807, 2.05) is 43.3 Å². The summed E-state index contributed by atoms with van der Waals surface area (Å²) in [5.41, 5.74) is 3.36. The molecule has 0 saturated heterocycles. The van der Waals surface area contributed by atoms with Gasteiger partial charge in [-0.15, -0.1) is 11.8 Å². The molecule has 4 nitrogen and oxygen atoms in total. The SMILES string of the molecule is Cc1cc(C)c2nc(N(CCCN(C)C)C(=O)CSc3ccc(Cl)cc3)sc2c1. The minimum absolute atomic E-state index is 0.0807. The predicted molar refractivity (Wildman–Crippen MR) is 127 cm³/mol. The number of benzene rings is 2. The van der Waals surface area contributed by atoms with Crippen LogP contribution < -0.4 is 4.90 Å². The number of carbonyl (C=O) groups excluding carboxylic acids is 1. The highest BCUT2D eigenvalue weighted by Gasteiger charge is 2.20. The van der Waals surface area contributed by atoms with E-state index >= 15 is 0 Å². The first-order chi connectivity index (χ1) is 13.8. The molecule has 0 aliphatic rings. The fourth-order valence-corrected chi connectivity index (χ4v) is 5.19. The average molecular weight is 448 g/mol. The number of aromatic nitrogens is 1. The molecule has 1 aromatic heterocycles. The van der Waals surface area contributed by atoms with Crippen LogP contribution in [0.2, 0.25) is 5.02 Å². The standard InChI is InChI=1S/C22H26ClN3OS2/c1-15-12-16(2)21-19(13-15)29-22(24-21)26(11-5-10-25(3)4)20(27)14-28-18-8-6-17(23)7-9-18/h6-9,12-13H,5,10-11,14H2,1-4H3. The summed E-state index contributed by atoms with van der Waals surface area (Å²) in [6.45, 7) is 5.76. The van der Waals surface area contributed by atoms with Crippen molar-refractivity contribution >= 4 is 56.0 Å². The molecule has 1 heterocycles. The second kappa shape index (κ2) is 9.94. The number of rotatable bonds is 8. The van der Waals surface area contributed by atoms with Crippen LogP contribution in [0.15, 0.2) is 41.3 Å².